The van der Waals surface area contributed by atoms with E-state index in [2.05, 4.69) is 10.3 Å². The van der Waals surface area contributed by atoms with E-state index in [1.165, 1.54) is 4.90 Å². The lowest BCUT2D eigenvalue weighted by molar-refractivity contribution is -0.121. The standard InChI is InChI=1S/C12H15N3O3/c16-11(14-10-3-1-2-6-13-10)9-4-7-15(8-5-9)12(17)18/h1-3,6,9H,4-5,7-8H2,(H,17,18)(H,13,14,16). The van der Waals surface area contributed by atoms with Gasteiger partial charge < -0.3 is 15.3 Å². The van der Waals surface area contributed by atoms with Gasteiger partial charge in [0, 0.05) is 25.2 Å². The fraction of sp³-hybridized carbons (Fsp3) is 0.417. The second kappa shape index (κ2) is 5.48. The summed E-state index contributed by atoms with van der Waals surface area (Å²) in [5.74, 6) is 0.310. The predicted octanol–water partition coefficient (Wildman–Crippen LogP) is 1.41. The van der Waals surface area contributed by atoms with E-state index < -0.39 is 6.09 Å². The smallest absolute Gasteiger partial charge is 0.407 e. The maximum Gasteiger partial charge on any atom is 0.407 e. The van der Waals surface area contributed by atoms with Gasteiger partial charge in [-0.2, -0.15) is 0 Å². The Morgan fingerprint density at radius 2 is 2.06 bits per heavy atom. The molecule has 0 atom stereocenters. The van der Waals surface area contributed by atoms with Crippen molar-refractivity contribution in [3.05, 3.63) is 24.4 Å². The fourth-order valence-corrected chi connectivity index (χ4v) is 2.00. The van der Waals surface area contributed by atoms with Crippen LogP contribution >= 0.6 is 0 Å². The lowest BCUT2D eigenvalue weighted by atomic mass is 9.96. The number of aromatic nitrogens is 1. The minimum absolute atomic E-state index is 0.0845. The van der Waals surface area contributed by atoms with E-state index in [1.807, 2.05) is 0 Å². The van der Waals surface area contributed by atoms with Crippen LogP contribution in [0.5, 0.6) is 0 Å². The summed E-state index contributed by atoms with van der Waals surface area (Å²) in [6, 6.07) is 5.31. The molecule has 0 saturated carbocycles. The van der Waals surface area contributed by atoms with E-state index in [1.54, 1.807) is 24.4 Å². The molecule has 0 bridgehead atoms. The average molecular weight is 249 g/mol. The third-order valence-electron chi connectivity index (χ3n) is 3.05. The molecule has 0 spiro atoms. The van der Waals surface area contributed by atoms with Crippen molar-refractivity contribution in [1.82, 2.24) is 9.88 Å². The molecule has 1 aromatic rings. The van der Waals surface area contributed by atoms with Gasteiger partial charge in [0.05, 0.1) is 0 Å². The van der Waals surface area contributed by atoms with Crippen molar-refractivity contribution < 1.29 is 14.7 Å². The molecule has 1 saturated heterocycles. The first-order chi connectivity index (χ1) is 8.66. The van der Waals surface area contributed by atoms with Crippen LogP contribution in [0.4, 0.5) is 10.6 Å². The number of carbonyl (C=O) groups excluding carboxylic acids is 1. The maximum atomic E-state index is 11.9. The van der Waals surface area contributed by atoms with Gasteiger partial charge in [0.25, 0.3) is 0 Å². The Bertz CT molecular complexity index is 427. The zero-order valence-electron chi connectivity index (χ0n) is 9.87. The molecular formula is C12H15N3O3. The van der Waals surface area contributed by atoms with E-state index in [0.29, 0.717) is 31.7 Å². The lowest BCUT2D eigenvalue weighted by Crippen LogP contribution is -2.40. The van der Waals surface area contributed by atoms with Crippen LogP contribution < -0.4 is 5.32 Å². The second-order valence-electron chi connectivity index (χ2n) is 4.25. The molecule has 0 radical (unpaired) electrons. The number of nitrogens with one attached hydrogen (secondary N) is 1. The highest BCUT2D eigenvalue weighted by Gasteiger charge is 2.27. The number of hydrogen-bond donors (Lipinski definition) is 2. The summed E-state index contributed by atoms with van der Waals surface area (Å²) in [5.41, 5.74) is 0. The van der Waals surface area contributed by atoms with Crippen molar-refractivity contribution in [3.8, 4) is 0 Å². The normalized spacial score (nSPS) is 16.3. The van der Waals surface area contributed by atoms with Gasteiger partial charge in [0.2, 0.25) is 5.91 Å². The van der Waals surface area contributed by atoms with Gasteiger partial charge in [0.15, 0.2) is 0 Å². The fourth-order valence-electron chi connectivity index (χ4n) is 2.00. The summed E-state index contributed by atoms with van der Waals surface area (Å²) >= 11 is 0. The van der Waals surface area contributed by atoms with E-state index in [4.69, 9.17) is 5.11 Å². The number of rotatable bonds is 2. The third-order valence-corrected chi connectivity index (χ3v) is 3.05. The number of anilines is 1. The monoisotopic (exact) mass is 249 g/mol. The van der Waals surface area contributed by atoms with E-state index >= 15 is 0 Å². The minimum Gasteiger partial charge on any atom is -0.465 e. The number of nitrogens with zero attached hydrogens (tertiary/aromatic N) is 2. The zero-order chi connectivity index (χ0) is 13.0. The zero-order valence-corrected chi connectivity index (χ0v) is 9.87. The first kappa shape index (κ1) is 12.3. The molecule has 2 amide bonds. The van der Waals surface area contributed by atoms with Crippen molar-refractivity contribution in [2.24, 2.45) is 5.92 Å². The van der Waals surface area contributed by atoms with Crippen LogP contribution in [0.1, 0.15) is 12.8 Å². The quantitative estimate of drug-likeness (QED) is 0.830. The molecule has 18 heavy (non-hydrogen) atoms. The van der Waals surface area contributed by atoms with Crippen molar-refractivity contribution in [2.75, 3.05) is 18.4 Å². The second-order valence-corrected chi connectivity index (χ2v) is 4.25. The molecule has 2 heterocycles. The molecule has 2 rings (SSSR count). The Morgan fingerprint density at radius 1 is 1.33 bits per heavy atom. The summed E-state index contributed by atoms with van der Waals surface area (Å²) in [4.78, 5) is 28.0. The topological polar surface area (TPSA) is 82.5 Å². The van der Waals surface area contributed by atoms with Crippen LogP contribution in [0.25, 0.3) is 0 Å². The van der Waals surface area contributed by atoms with Gasteiger partial charge >= 0.3 is 6.09 Å². The van der Waals surface area contributed by atoms with Gasteiger partial charge in [-0.15, -0.1) is 0 Å². The summed E-state index contributed by atoms with van der Waals surface area (Å²) in [7, 11) is 0. The molecule has 6 heteroatoms. The molecule has 0 aromatic carbocycles. The van der Waals surface area contributed by atoms with Gasteiger partial charge in [-0.1, -0.05) is 6.07 Å². The highest BCUT2D eigenvalue weighted by atomic mass is 16.4. The highest BCUT2D eigenvalue weighted by Crippen LogP contribution is 2.18. The Kier molecular flexibility index (Phi) is 3.76. The highest BCUT2D eigenvalue weighted by molar-refractivity contribution is 5.91. The van der Waals surface area contributed by atoms with E-state index in [9.17, 15) is 9.59 Å². The van der Waals surface area contributed by atoms with Gasteiger partial charge in [-0.3, -0.25) is 4.79 Å². The number of carboxylic acid groups (broad SMARTS) is 1. The van der Waals surface area contributed by atoms with Crippen LogP contribution in [-0.2, 0) is 4.79 Å². The first-order valence-corrected chi connectivity index (χ1v) is 5.86. The number of amides is 2. The minimum atomic E-state index is -0.918. The third kappa shape index (κ3) is 2.97. The van der Waals surface area contributed by atoms with Crippen LogP contribution in [0, 0.1) is 5.92 Å². The Labute approximate surface area is 105 Å². The molecule has 0 aliphatic carbocycles. The van der Waals surface area contributed by atoms with Crippen molar-refractivity contribution in [3.63, 3.8) is 0 Å². The molecule has 1 aromatic heterocycles. The average Bonchev–Trinajstić information content (AvgIpc) is 2.40. The summed E-state index contributed by atoms with van der Waals surface area (Å²) < 4.78 is 0. The molecule has 1 aliphatic heterocycles. The SMILES string of the molecule is O=C(Nc1ccccn1)C1CCN(C(=O)O)CC1. The largest absolute Gasteiger partial charge is 0.465 e. The Morgan fingerprint density at radius 3 is 2.61 bits per heavy atom. The van der Waals surface area contributed by atoms with Crippen molar-refractivity contribution >= 4 is 17.8 Å². The molecular weight excluding hydrogens is 234 g/mol. The van der Waals surface area contributed by atoms with Gasteiger partial charge in [-0.05, 0) is 25.0 Å². The maximum absolute atomic E-state index is 11.9. The Balaban J connectivity index is 1.86. The van der Waals surface area contributed by atoms with Crippen molar-refractivity contribution in [1.29, 1.82) is 0 Å². The first-order valence-electron chi connectivity index (χ1n) is 5.86. The van der Waals surface area contributed by atoms with Gasteiger partial charge in [0.1, 0.15) is 5.82 Å². The molecule has 96 valence electrons. The summed E-state index contributed by atoms with van der Waals surface area (Å²) in [6.07, 6.45) is 1.82. The molecule has 2 N–H and O–H groups in total. The van der Waals surface area contributed by atoms with Crippen LogP contribution in [0.2, 0.25) is 0 Å². The molecule has 1 fully saturated rings. The Hall–Kier alpha value is -2.11. The lowest BCUT2D eigenvalue weighted by Gasteiger charge is -2.29. The number of likely N-dealkylation sites (tertiary alicyclic amines) is 1. The van der Waals surface area contributed by atoms with E-state index in [-0.39, 0.29) is 11.8 Å². The number of pyridine rings is 1. The molecule has 0 unspecified atom stereocenters. The summed E-state index contributed by atoms with van der Waals surface area (Å²) in [5, 5.41) is 11.6. The number of carbonyl (C=O) groups is 2. The van der Waals surface area contributed by atoms with Crippen molar-refractivity contribution in [2.45, 2.75) is 12.8 Å². The number of piperidine rings is 1. The van der Waals surface area contributed by atoms with Crippen LogP contribution in [-0.4, -0.2) is 40.1 Å². The van der Waals surface area contributed by atoms with Gasteiger partial charge in [-0.25, -0.2) is 9.78 Å². The van der Waals surface area contributed by atoms with Crippen LogP contribution in [0.15, 0.2) is 24.4 Å². The number of hydrogen-bond acceptors (Lipinski definition) is 3. The predicted molar refractivity (Wildman–Crippen MR) is 65.2 cm³/mol. The van der Waals surface area contributed by atoms with E-state index in [0.717, 1.165) is 0 Å². The molecule has 1 aliphatic rings. The summed E-state index contributed by atoms with van der Waals surface area (Å²) in [6.45, 7) is 0.825. The van der Waals surface area contributed by atoms with Crippen LogP contribution in [0.3, 0.4) is 0 Å². The molecule has 6 nitrogen and oxygen atoms in total.